The van der Waals surface area contributed by atoms with Crippen molar-refractivity contribution in [3.8, 4) is 0 Å². The average molecular weight is 382 g/mol. The maximum Gasteiger partial charge on any atom is 0.222 e. The molecule has 1 aliphatic rings. The molecule has 1 rings (SSSR count). The van der Waals surface area contributed by atoms with Crippen molar-refractivity contribution in [1.29, 1.82) is 0 Å². The number of aliphatic imine (C=N–C) groups is 1. The number of nitrogens with one attached hydrogen (secondary N) is 2. The molecule has 27 heavy (non-hydrogen) atoms. The highest BCUT2D eigenvalue weighted by atomic mass is 16.2. The van der Waals surface area contributed by atoms with Crippen LogP contribution in [0.2, 0.25) is 0 Å². The normalized spacial score (nSPS) is 16.4. The number of rotatable bonds is 11. The van der Waals surface area contributed by atoms with Crippen molar-refractivity contribution in [3.63, 3.8) is 0 Å². The Morgan fingerprint density at radius 3 is 2.52 bits per heavy atom. The van der Waals surface area contributed by atoms with Gasteiger partial charge in [-0.25, -0.2) is 0 Å². The lowest BCUT2D eigenvalue weighted by Gasteiger charge is -2.30. The predicted octanol–water partition coefficient (Wildman–Crippen LogP) is 2.84. The molecular formula is C21H43N5O. The van der Waals surface area contributed by atoms with Crippen LogP contribution in [0.1, 0.15) is 73.1 Å². The van der Waals surface area contributed by atoms with E-state index in [0.29, 0.717) is 18.0 Å². The highest BCUT2D eigenvalue weighted by molar-refractivity contribution is 5.79. The van der Waals surface area contributed by atoms with Crippen molar-refractivity contribution in [2.75, 3.05) is 39.3 Å². The van der Waals surface area contributed by atoms with E-state index in [1.54, 1.807) is 0 Å². The summed E-state index contributed by atoms with van der Waals surface area (Å²) in [6.45, 7) is 16.5. The van der Waals surface area contributed by atoms with E-state index in [4.69, 9.17) is 0 Å². The highest BCUT2D eigenvalue weighted by Gasteiger charge is 2.15. The summed E-state index contributed by atoms with van der Waals surface area (Å²) in [4.78, 5) is 21.2. The first-order chi connectivity index (χ1) is 13.0. The predicted molar refractivity (Wildman–Crippen MR) is 115 cm³/mol. The van der Waals surface area contributed by atoms with E-state index in [9.17, 15) is 4.79 Å². The van der Waals surface area contributed by atoms with E-state index < -0.39 is 0 Å². The molecule has 0 aliphatic carbocycles. The molecule has 6 nitrogen and oxygen atoms in total. The fourth-order valence-electron chi connectivity index (χ4n) is 3.65. The van der Waals surface area contributed by atoms with Crippen LogP contribution in [0.15, 0.2) is 4.99 Å². The van der Waals surface area contributed by atoms with Crippen LogP contribution in [0.25, 0.3) is 0 Å². The monoisotopic (exact) mass is 381 g/mol. The molecule has 0 aromatic heterocycles. The van der Waals surface area contributed by atoms with Gasteiger partial charge in [0, 0.05) is 57.8 Å². The summed E-state index contributed by atoms with van der Waals surface area (Å²) in [6.07, 6.45) is 6.12. The van der Waals surface area contributed by atoms with Gasteiger partial charge in [-0.3, -0.25) is 14.7 Å². The third-order valence-corrected chi connectivity index (χ3v) is 5.08. The van der Waals surface area contributed by atoms with Gasteiger partial charge < -0.3 is 15.5 Å². The molecule has 1 heterocycles. The number of nitrogens with zero attached hydrogens (tertiary/aromatic N) is 3. The van der Waals surface area contributed by atoms with E-state index in [2.05, 4.69) is 55.1 Å². The third-order valence-electron chi connectivity index (χ3n) is 5.08. The smallest absolute Gasteiger partial charge is 0.222 e. The quantitative estimate of drug-likeness (QED) is 0.328. The zero-order valence-electron chi connectivity index (χ0n) is 18.4. The molecule has 0 aromatic rings. The molecule has 6 heteroatoms. The molecule has 0 bridgehead atoms. The Bertz CT molecular complexity index is 428. The van der Waals surface area contributed by atoms with Crippen LogP contribution in [0.5, 0.6) is 0 Å². The van der Waals surface area contributed by atoms with Gasteiger partial charge in [0.05, 0.1) is 0 Å². The largest absolute Gasteiger partial charge is 0.357 e. The van der Waals surface area contributed by atoms with E-state index in [1.165, 1.54) is 6.42 Å². The molecular weight excluding hydrogens is 338 g/mol. The summed E-state index contributed by atoms with van der Waals surface area (Å²) in [6, 6.07) is 1.15. The fourth-order valence-corrected chi connectivity index (χ4v) is 3.65. The van der Waals surface area contributed by atoms with Gasteiger partial charge in [0.15, 0.2) is 5.96 Å². The Labute approximate surface area is 167 Å². The molecule has 158 valence electrons. The third kappa shape index (κ3) is 9.99. The van der Waals surface area contributed by atoms with Crippen LogP contribution in [0.3, 0.4) is 0 Å². The minimum absolute atomic E-state index is 0.321. The maximum absolute atomic E-state index is 12.0. The lowest BCUT2D eigenvalue weighted by Crippen LogP contribution is -2.41. The number of likely N-dealkylation sites (tertiary alicyclic amines) is 1. The Morgan fingerprint density at radius 2 is 1.85 bits per heavy atom. The topological polar surface area (TPSA) is 60.0 Å². The molecule has 2 N–H and O–H groups in total. The Hall–Kier alpha value is -1.30. The molecule has 0 atom stereocenters. The first-order valence-electron chi connectivity index (χ1n) is 11.0. The zero-order chi connectivity index (χ0) is 20.1. The van der Waals surface area contributed by atoms with Crippen molar-refractivity contribution < 1.29 is 4.79 Å². The van der Waals surface area contributed by atoms with E-state index in [-0.39, 0.29) is 0 Å². The maximum atomic E-state index is 12.0. The molecule has 0 spiro atoms. The van der Waals surface area contributed by atoms with Crippen LogP contribution in [0, 0.1) is 0 Å². The zero-order valence-corrected chi connectivity index (χ0v) is 18.4. The van der Waals surface area contributed by atoms with E-state index in [0.717, 1.165) is 77.3 Å². The number of amides is 1. The molecule has 1 fully saturated rings. The lowest BCUT2D eigenvalue weighted by molar-refractivity contribution is -0.130. The van der Waals surface area contributed by atoms with Gasteiger partial charge in [-0.15, -0.1) is 0 Å². The van der Waals surface area contributed by atoms with Crippen molar-refractivity contribution in [1.82, 2.24) is 20.4 Å². The van der Waals surface area contributed by atoms with Gasteiger partial charge in [-0.1, -0.05) is 6.42 Å². The fraction of sp³-hybridized carbons (Fsp3) is 0.905. The molecule has 1 amide bonds. The van der Waals surface area contributed by atoms with Crippen LogP contribution < -0.4 is 10.6 Å². The lowest BCUT2D eigenvalue weighted by atomic mass is 10.2. The summed E-state index contributed by atoms with van der Waals surface area (Å²) >= 11 is 0. The van der Waals surface area contributed by atoms with Crippen molar-refractivity contribution >= 4 is 11.9 Å². The number of guanidine groups is 1. The van der Waals surface area contributed by atoms with E-state index >= 15 is 0 Å². The Morgan fingerprint density at radius 1 is 1.11 bits per heavy atom. The van der Waals surface area contributed by atoms with Gasteiger partial charge in [0.25, 0.3) is 0 Å². The molecule has 1 saturated heterocycles. The second-order valence-electron chi connectivity index (χ2n) is 8.01. The molecule has 1 aliphatic heterocycles. The Balaban J connectivity index is 2.31. The second-order valence-corrected chi connectivity index (χ2v) is 8.01. The van der Waals surface area contributed by atoms with Gasteiger partial charge in [-0.2, -0.15) is 0 Å². The van der Waals surface area contributed by atoms with Crippen LogP contribution in [0.4, 0.5) is 0 Å². The number of carbonyl (C=O) groups excluding carboxylic acids is 1. The van der Waals surface area contributed by atoms with Crippen LogP contribution >= 0.6 is 0 Å². The molecule has 0 unspecified atom stereocenters. The van der Waals surface area contributed by atoms with Crippen LogP contribution in [-0.2, 0) is 4.79 Å². The minimum Gasteiger partial charge on any atom is -0.357 e. The standard InChI is InChI=1S/C21H43N5O/c1-6-22-21(24-14-11-17-26(18(2)3)19(4)5)23-13-10-16-25-15-9-7-8-12-20(25)27/h18-19H,6-17H2,1-5H3,(H2,22,23,24). The number of carbonyl (C=O) groups is 1. The van der Waals surface area contributed by atoms with E-state index in [1.807, 2.05) is 4.90 Å². The summed E-state index contributed by atoms with van der Waals surface area (Å²) in [5.41, 5.74) is 0. The summed E-state index contributed by atoms with van der Waals surface area (Å²) < 4.78 is 0. The molecule has 0 aromatic carbocycles. The Kier molecular flexibility index (Phi) is 12.1. The second kappa shape index (κ2) is 13.8. The van der Waals surface area contributed by atoms with Crippen LogP contribution in [-0.4, -0.2) is 73.0 Å². The molecule has 0 saturated carbocycles. The SMILES string of the molecule is CCNC(=NCCCN1CCCCCC1=O)NCCCN(C(C)C)C(C)C. The van der Waals surface area contributed by atoms with Gasteiger partial charge >= 0.3 is 0 Å². The first kappa shape index (κ1) is 23.7. The summed E-state index contributed by atoms with van der Waals surface area (Å²) in [5, 5.41) is 6.76. The van der Waals surface area contributed by atoms with Gasteiger partial charge in [0.1, 0.15) is 0 Å². The van der Waals surface area contributed by atoms with Crippen molar-refractivity contribution in [2.45, 2.75) is 85.2 Å². The number of hydrogen-bond donors (Lipinski definition) is 2. The minimum atomic E-state index is 0.321. The van der Waals surface area contributed by atoms with Crippen molar-refractivity contribution in [2.24, 2.45) is 4.99 Å². The summed E-state index contributed by atoms with van der Waals surface area (Å²) in [5.74, 6) is 1.21. The number of hydrogen-bond acceptors (Lipinski definition) is 3. The van der Waals surface area contributed by atoms with Gasteiger partial charge in [0.2, 0.25) is 5.91 Å². The first-order valence-corrected chi connectivity index (χ1v) is 11.0. The molecule has 0 radical (unpaired) electrons. The average Bonchev–Trinajstić information content (AvgIpc) is 2.82. The van der Waals surface area contributed by atoms with Gasteiger partial charge in [-0.05, 0) is 60.3 Å². The summed E-state index contributed by atoms with van der Waals surface area (Å²) in [7, 11) is 0. The highest BCUT2D eigenvalue weighted by Crippen LogP contribution is 2.11. The van der Waals surface area contributed by atoms with Crippen molar-refractivity contribution in [3.05, 3.63) is 0 Å².